The van der Waals surface area contributed by atoms with Gasteiger partial charge in [-0.05, 0) is 45.5 Å². The summed E-state index contributed by atoms with van der Waals surface area (Å²) in [6, 6.07) is 61.6. The molecule has 3 nitrogen and oxygen atoms in total. The van der Waals surface area contributed by atoms with Gasteiger partial charge in [0, 0.05) is 36.9 Å². The van der Waals surface area contributed by atoms with E-state index in [4.69, 9.17) is 15.0 Å². The maximum Gasteiger partial charge on any atom is 0.164 e. The van der Waals surface area contributed by atoms with Crippen molar-refractivity contribution in [2.45, 2.75) is 0 Å². The highest BCUT2D eigenvalue weighted by Crippen LogP contribution is 2.37. The fraction of sp³-hybridized carbons (Fsp3) is 0. The Morgan fingerprint density at radius 1 is 0.265 bits per heavy atom. The topological polar surface area (TPSA) is 38.7 Å². The van der Waals surface area contributed by atoms with Crippen LogP contribution in [-0.4, -0.2) is 15.0 Å². The van der Waals surface area contributed by atoms with Crippen LogP contribution >= 0.6 is 11.3 Å². The lowest BCUT2D eigenvalue weighted by Gasteiger charge is -2.10. The number of nitrogens with zero attached hydrogens (tertiary/aromatic N) is 3. The van der Waals surface area contributed by atoms with Crippen LogP contribution in [0, 0.1) is 0 Å². The van der Waals surface area contributed by atoms with Crippen LogP contribution in [0.25, 0.3) is 87.7 Å². The van der Waals surface area contributed by atoms with E-state index >= 15 is 0 Å². The first kappa shape index (κ1) is 29.0. The van der Waals surface area contributed by atoms with E-state index in [9.17, 15) is 0 Å². The number of hydrogen-bond donors (Lipinski definition) is 0. The van der Waals surface area contributed by atoms with E-state index in [1.807, 2.05) is 23.5 Å². The molecule has 0 saturated heterocycles. The third kappa shape index (κ3) is 5.69. The van der Waals surface area contributed by atoms with Crippen molar-refractivity contribution in [2.24, 2.45) is 0 Å². The van der Waals surface area contributed by atoms with Crippen LogP contribution in [0.5, 0.6) is 0 Å². The van der Waals surface area contributed by atoms with Crippen LogP contribution < -0.4 is 0 Å². The quantitative estimate of drug-likeness (QED) is 0.181. The molecule has 0 N–H and O–H groups in total. The summed E-state index contributed by atoms with van der Waals surface area (Å²) in [5.74, 6) is 1.93. The molecule has 0 unspecified atom stereocenters. The molecule has 0 spiro atoms. The monoisotopic (exact) mass is 643 g/mol. The lowest BCUT2D eigenvalue weighted by molar-refractivity contribution is 1.07. The van der Waals surface area contributed by atoms with Crippen LogP contribution in [0.3, 0.4) is 0 Å². The lowest BCUT2D eigenvalue weighted by atomic mass is 10.0. The van der Waals surface area contributed by atoms with Crippen molar-refractivity contribution in [3.8, 4) is 67.5 Å². The van der Waals surface area contributed by atoms with E-state index in [-0.39, 0.29) is 0 Å². The van der Waals surface area contributed by atoms with E-state index in [2.05, 4.69) is 164 Å². The van der Waals surface area contributed by atoms with Gasteiger partial charge < -0.3 is 0 Å². The first-order valence-corrected chi connectivity index (χ1v) is 17.2. The normalized spacial score (nSPS) is 11.3. The number of thiophene rings is 1. The van der Waals surface area contributed by atoms with Crippen molar-refractivity contribution in [1.82, 2.24) is 15.0 Å². The first-order valence-electron chi connectivity index (χ1n) is 16.4. The second-order valence-electron chi connectivity index (χ2n) is 12.1. The Morgan fingerprint density at radius 2 is 0.612 bits per heavy atom. The summed E-state index contributed by atoms with van der Waals surface area (Å²) in [6.45, 7) is 0. The third-order valence-electron chi connectivity index (χ3n) is 8.99. The Labute approximate surface area is 288 Å². The molecule has 0 aliphatic heterocycles. The van der Waals surface area contributed by atoms with Crippen molar-refractivity contribution in [2.75, 3.05) is 0 Å². The molecule has 230 valence electrons. The Hall–Kier alpha value is -6.23. The first-order chi connectivity index (χ1) is 24.2. The Morgan fingerprint density at radius 3 is 1.10 bits per heavy atom. The van der Waals surface area contributed by atoms with Crippen molar-refractivity contribution in [1.29, 1.82) is 0 Å². The van der Waals surface area contributed by atoms with Crippen LogP contribution in [0.4, 0.5) is 0 Å². The molecule has 0 aliphatic carbocycles. The molecule has 0 aliphatic rings. The average molecular weight is 644 g/mol. The molecule has 0 saturated carbocycles. The smallest absolute Gasteiger partial charge is 0.164 e. The van der Waals surface area contributed by atoms with E-state index in [1.165, 1.54) is 36.9 Å². The van der Waals surface area contributed by atoms with E-state index in [0.29, 0.717) is 17.5 Å². The fourth-order valence-corrected chi connectivity index (χ4v) is 7.51. The van der Waals surface area contributed by atoms with Gasteiger partial charge in [-0.3, -0.25) is 0 Å². The molecule has 0 atom stereocenters. The van der Waals surface area contributed by atoms with Gasteiger partial charge in [-0.25, -0.2) is 15.0 Å². The maximum atomic E-state index is 5.01. The number of aromatic nitrogens is 3. The van der Waals surface area contributed by atoms with Gasteiger partial charge in [0.1, 0.15) is 0 Å². The van der Waals surface area contributed by atoms with Crippen molar-refractivity contribution in [3.05, 3.63) is 176 Å². The predicted molar refractivity (Wildman–Crippen MR) is 205 cm³/mol. The zero-order valence-electron chi connectivity index (χ0n) is 26.5. The maximum absolute atomic E-state index is 5.01. The molecule has 0 fully saturated rings. The number of rotatable bonds is 6. The minimum Gasteiger partial charge on any atom is -0.208 e. The van der Waals surface area contributed by atoms with Gasteiger partial charge in [0.05, 0.1) is 0 Å². The summed E-state index contributed by atoms with van der Waals surface area (Å²) in [6.07, 6.45) is 0. The number of benzene rings is 7. The molecule has 9 rings (SSSR count). The van der Waals surface area contributed by atoms with Crippen molar-refractivity contribution >= 4 is 31.5 Å². The Balaban J connectivity index is 1.09. The van der Waals surface area contributed by atoms with Crippen molar-refractivity contribution in [3.63, 3.8) is 0 Å². The summed E-state index contributed by atoms with van der Waals surface area (Å²) in [7, 11) is 0. The second-order valence-corrected chi connectivity index (χ2v) is 13.2. The van der Waals surface area contributed by atoms with Crippen LogP contribution in [0.15, 0.2) is 176 Å². The summed E-state index contributed by atoms with van der Waals surface area (Å²) >= 11 is 1.84. The highest BCUT2D eigenvalue weighted by molar-refractivity contribution is 7.25. The molecular formula is C45H29N3S. The highest BCUT2D eigenvalue weighted by Gasteiger charge is 2.14. The summed E-state index contributed by atoms with van der Waals surface area (Å²) in [4.78, 5) is 15.0. The van der Waals surface area contributed by atoms with Gasteiger partial charge in [-0.2, -0.15) is 0 Å². The number of fused-ring (bicyclic) bond motifs is 3. The molecule has 9 aromatic rings. The fourth-order valence-electron chi connectivity index (χ4n) is 6.37. The van der Waals surface area contributed by atoms with Gasteiger partial charge in [-0.15, -0.1) is 11.3 Å². The predicted octanol–water partition coefficient (Wildman–Crippen LogP) is 12.2. The van der Waals surface area contributed by atoms with Crippen LogP contribution in [-0.2, 0) is 0 Å². The summed E-state index contributed by atoms with van der Waals surface area (Å²) in [5.41, 5.74) is 9.84. The van der Waals surface area contributed by atoms with E-state index < -0.39 is 0 Å². The molecule has 0 bridgehead atoms. The van der Waals surface area contributed by atoms with E-state index in [1.54, 1.807) is 0 Å². The minimum absolute atomic E-state index is 0.644. The van der Waals surface area contributed by atoms with Gasteiger partial charge in [0.15, 0.2) is 17.5 Å². The van der Waals surface area contributed by atoms with Gasteiger partial charge in [0.25, 0.3) is 0 Å². The molecule has 7 aromatic carbocycles. The van der Waals surface area contributed by atoms with Crippen LogP contribution in [0.1, 0.15) is 0 Å². The molecule has 2 aromatic heterocycles. The zero-order chi connectivity index (χ0) is 32.6. The molecule has 0 amide bonds. The standard InChI is InChI=1S/C45H29N3S/c1-3-9-30(10-4-1)32-15-21-35(22-16-32)43-46-44(36-23-17-33(18-24-36)31-11-5-2-6-12-31)48-45(47-43)37-25-19-34(20-26-37)38-27-28-40-39-13-7-8-14-41(39)49-42(40)29-38/h1-29H. The second kappa shape index (κ2) is 12.4. The summed E-state index contributed by atoms with van der Waals surface area (Å²) < 4.78 is 2.61. The van der Waals surface area contributed by atoms with Gasteiger partial charge in [0.2, 0.25) is 0 Å². The van der Waals surface area contributed by atoms with E-state index in [0.717, 1.165) is 33.4 Å². The highest BCUT2D eigenvalue weighted by atomic mass is 32.1. The summed E-state index contributed by atoms with van der Waals surface area (Å²) in [5, 5.41) is 2.62. The van der Waals surface area contributed by atoms with Gasteiger partial charge in [-0.1, -0.05) is 164 Å². The zero-order valence-corrected chi connectivity index (χ0v) is 27.3. The SMILES string of the molecule is c1ccc(-c2ccc(-c3nc(-c4ccc(-c5ccccc5)cc4)nc(-c4ccc(-c5ccc6c(c5)sc5ccccc56)cc4)n3)cc2)cc1. The Kier molecular flexibility index (Phi) is 7.34. The third-order valence-corrected chi connectivity index (χ3v) is 10.1. The Bertz CT molecular complexity index is 2460. The molecule has 4 heteroatoms. The van der Waals surface area contributed by atoms with Crippen LogP contribution in [0.2, 0.25) is 0 Å². The lowest BCUT2D eigenvalue weighted by Crippen LogP contribution is -2.00. The average Bonchev–Trinajstić information content (AvgIpc) is 3.57. The molecule has 2 heterocycles. The molecule has 49 heavy (non-hydrogen) atoms. The number of hydrogen-bond acceptors (Lipinski definition) is 4. The van der Waals surface area contributed by atoms with Crippen molar-refractivity contribution < 1.29 is 0 Å². The largest absolute Gasteiger partial charge is 0.208 e. The minimum atomic E-state index is 0.644. The molecule has 0 radical (unpaired) electrons. The molecular weight excluding hydrogens is 615 g/mol. The van der Waals surface area contributed by atoms with Gasteiger partial charge >= 0.3 is 0 Å².